The first-order chi connectivity index (χ1) is 6.27. The van der Waals surface area contributed by atoms with Gasteiger partial charge in [0, 0.05) is 28.4 Å². The van der Waals surface area contributed by atoms with Gasteiger partial charge in [0.1, 0.15) is 0 Å². The minimum atomic E-state index is 0.800. The Kier molecular flexibility index (Phi) is 2.56. The summed E-state index contributed by atoms with van der Waals surface area (Å²) in [6, 6.07) is 2.03. The third-order valence-electron chi connectivity index (χ3n) is 1.46. The lowest BCUT2D eigenvalue weighted by Gasteiger charge is -2.10. The van der Waals surface area contributed by atoms with Crippen molar-refractivity contribution >= 4 is 48.9 Å². The first kappa shape index (κ1) is 9.04. The molecular formula is C6H5BrN4S2. The van der Waals surface area contributed by atoms with Crippen molar-refractivity contribution < 1.29 is 0 Å². The molecule has 2 rings (SSSR count). The van der Waals surface area contributed by atoms with Gasteiger partial charge in [-0.2, -0.15) is 0 Å². The highest BCUT2D eigenvalue weighted by atomic mass is 79.9. The summed E-state index contributed by atoms with van der Waals surface area (Å²) in [5, 5.41) is 11.4. The largest absolute Gasteiger partial charge is 0.310 e. The highest BCUT2D eigenvalue weighted by Gasteiger charge is 2.09. The zero-order chi connectivity index (χ0) is 9.26. The van der Waals surface area contributed by atoms with Crippen LogP contribution in [0.4, 0.5) is 10.1 Å². The molecule has 0 unspecified atom stereocenters. The van der Waals surface area contributed by atoms with Gasteiger partial charge in [-0.25, -0.2) is 0 Å². The average Bonchev–Trinajstić information content (AvgIpc) is 2.72. The molecule has 0 aliphatic rings. The summed E-state index contributed by atoms with van der Waals surface area (Å²) in [5.41, 5.74) is 0. The number of aromatic nitrogens is 3. The van der Waals surface area contributed by atoms with Gasteiger partial charge in [-0.15, -0.1) is 11.3 Å². The molecule has 7 heteroatoms. The summed E-state index contributed by atoms with van der Waals surface area (Å²) in [6.07, 6.45) is 0. The summed E-state index contributed by atoms with van der Waals surface area (Å²) in [7, 11) is 1.94. The molecule has 0 saturated heterocycles. The molecular weight excluding hydrogens is 272 g/mol. The molecule has 0 saturated carbocycles. The standard InChI is InChI=1S/C6H5BrN4S2/c1-11(6-8-9-10-13-6)5-2-4(7)3-12-5/h2-3H,1H3. The fraction of sp³-hybridized carbons (Fsp3) is 0.167. The maximum Gasteiger partial charge on any atom is 0.232 e. The minimum absolute atomic E-state index is 0.800. The Morgan fingerprint density at radius 3 is 2.92 bits per heavy atom. The van der Waals surface area contributed by atoms with Crippen molar-refractivity contribution in [2.75, 3.05) is 11.9 Å². The summed E-state index contributed by atoms with van der Waals surface area (Å²) in [5.74, 6) is 0. The van der Waals surface area contributed by atoms with E-state index in [0.717, 1.165) is 14.6 Å². The Balaban J connectivity index is 2.28. The maximum absolute atomic E-state index is 3.88. The molecule has 0 radical (unpaired) electrons. The Morgan fingerprint density at radius 2 is 2.38 bits per heavy atom. The van der Waals surface area contributed by atoms with E-state index in [4.69, 9.17) is 0 Å². The van der Waals surface area contributed by atoms with Crippen LogP contribution in [0.1, 0.15) is 0 Å². The van der Waals surface area contributed by atoms with E-state index in [9.17, 15) is 0 Å². The molecule has 2 aromatic rings. The van der Waals surface area contributed by atoms with Crippen molar-refractivity contribution in [3.05, 3.63) is 15.9 Å². The van der Waals surface area contributed by atoms with Crippen LogP contribution in [-0.4, -0.2) is 21.8 Å². The van der Waals surface area contributed by atoms with Gasteiger partial charge in [-0.3, -0.25) is 0 Å². The number of thiophene rings is 1. The second-order valence-corrected chi connectivity index (χ2v) is 4.82. The van der Waals surface area contributed by atoms with Gasteiger partial charge in [-0.1, -0.05) is 9.59 Å². The summed E-state index contributed by atoms with van der Waals surface area (Å²) in [4.78, 5) is 1.96. The number of rotatable bonds is 2. The van der Waals surface area contributed by atoms with Crippen LogP contribution in [0.25, 0.3) is 0 Å². The summed E-state index contributed by atoms with van der Waals surface area (Å²) >= 11 is 6.33. The van der Waals surface area contributed by atoms with E-state index in [0.29, 0.717) is 0 Å². The van der Waals surface area contributed by atoms with Gasteiger partial charge in [-0.05, 0) is 27.2 Å². The topological polar surface area (TPSA) is 41.9 Å². The van der Waals surface area contributed by atoms with Crippen molar-refractivity contribution in [2.45, 2.75) is 0 Å². The molecule has 2 aromatic heterocycles. The fourth-order valence-corrected chi connectivity index (χ4v) is 2.72. The van der Waals surface area contributed by atoms with Gasteiger partial charge in [0.25, 0.3) is 0 Å². The van der Waals surface area contributed by atoms with Crippen molar-refractivity contribution in [1.29, 1.82) is 0 Å². The molecule has 0 aliphatic carbocycles. The molecule has 0 bridgehead atoms. The predicted molar refractivity (Wildman–Crippen MR) is 57.8 cm³/mol. The second kappa shape index (κ2) is 3.69. The van der Waals surface area contributed by atoms with Crippen LogP contribution in [0.3, 0.4) is 0 Å². The highest BCUT2D eigenvalue weighted by molar-refractivity contribution is 9.10. The molecule has 4 nitrogen and oxygen atoms in total. The first-order valence-electron chi connectivity index (χ1n) is 3.40. The Labute approximate surface area is 91.5 Å². The van der Waals surface area contributed by atoms with E-state index in [2.05, 4.69) is 30.7 Å². The predicted octanol–water partition coefficient (Wildman–Crippen LogP) is 2.53. The number of halogens is 1. The Morgan fingerprint density at radius 1 is 1.54 bits per heavy atom. The van der Waals surface area contributed by atoms with E-state index in [1.54, 1.807) is 11.3 Å². The molecule has 0 aromatic carbocycles. The van der Waals surface area contributed by atoms with Crippen LogP contribution in [0.2, 0.25) is 0 Å². The molecule has 0 atom stereocenters. The van der Waals surface area contributed by atoms with Gasteiger partial charge in [0.2, 0.25) is 5.13 Å². The molecule has 2 heterocycles. The van der Waals surface area contributed by atoms with Crippen LogP contribution >= 0.6 is 38.8 Å². The molecule has 68 valence electrons. The SMILES string of the molecule is CN(c1cc(Br)cs1)c1nnns1. The second-order valence-electron chi connectivity index (χ2n) is 2.31. The quantitative estimate of drug-likeness (QED) is 0.846. The van der Waals surface area contributed by atoms with Crippen molar-refractivity contribution in [3.8, 4) is 0 Å². The van der Waals surface area contributed by atoms with Gasteiger partial charge in [0.05, 0.1) is 5.00 Å². The Hall–Kier alpha value is -0.530. The van der Waals surface area contributed by atoms with E-state index in [1.165, 1.54) is 11.5 Å². The lowest BCUT2D eigenvalue weighted by Crippen LogP contribution is -2.06. The van der Waals surface area contributed by atoms with E-state index < -0.39 is 0 Å². The molecule has 0 fully saturated rings. The molecule has 13 heavy (non-hydrogen) atoms. The van der Waals surface area contributed by atoms with E-state index >= 15 is 0 Å². The van der Waals surface area contributed by atoms with Crippen LogP contribution in [0, 0.1) is 0 Å². The number of nitrogens with zero attached hydrogens (tertiary/aromatic N) is 4. The van der Waals surface area contributed by atoms with Crippen LogP contribution in [0.15, 0.2) is 15.9 Å². The normalized spacial score (nSPS) is 10.3. The van der Waals surface area contributed by atoms with Crippen molar-refractivity contribution in [2.24, 2.45) is 0 Å². The van der Waals surface area contributed by atoms with Gasteiger partial charge in [0.15, 0.2) is 0 Å². The number of anilines is 2. The minimum Gasteiger partial charge on any atom is -0.310 e. The zero-order valence-corrected chi connectivity index (χ0v) is 9.86. The third-order valence-corrected chi connectivity index (χ3v) is 3.90. The summed E-state index contributed by atoms with van der Waals surface area (Å²) < 4.78 is 4.79. The molecule has 0 amide bonds. The zero-order valence-electron chi connectivity index (χ0n) is 6.64. The van der Waals surface area contributed by atoms with Crippen molar-refractivity contribution in [3.63, 3.8) is 0 Å². The van der Waals surface area contributed by atoms with Crippen LogP contribution in [0.5, 0.6) is 0 Å². The van der Waals surface area contributed by atoms with E-state index in [-0.39, 0.29) is 0 Å². The van der Waals surface area contributed by atoms with Crippen LogP contribution in [-0.2, 0) is 0 Å². The maximum atomic E-state index is 3.88. The number of hydrogen-bond donors (Lipinski definition) is 0. The lowest BCUT2D eigenvalue weighted by molar-refractivity contribution is 0.946. The average molecular weight is 277 g/mol. The van der Waals surface area contributed by atoms with E-state index in [1.807, 2.05) is 23.4 Å². The van der Waals surface area contributed by atoms with Crippen LogP contribution < -0.4 is 4.90 Å². The molecule has 0 spiro atoms. The highest BCUT2D eigenvalue weighted by Crippen LogP contribution is 2.31. The molecule has 0 aliphatic heterocycles. The fourth-order valence-electron chi connectivity index (χ4n) is 0.831. The Bertz CT molecular complexity index is 385. The van der Waals surface area contributed by atoms with Gasteiger partial charge < -0.3 is 4.90 Å². The third kappa shape index (κ3) is 1.87. The van der Waals surface area contributed by atoms with Gasteiger partial charge >= 0.3 is 0 Å². The monoisotopic (exact) mass is 276 g/mol. The number of hydrogen-bond acceptors (Lipinski definition) is 6. The lowest BCUT2D eigenvalue weighted by atomic mass is 10.6. The first-order valence-corrected chi connectivity index (χ1v) is 5.85. The molecule has 0 N–H and O–H groups in total. The van der Waals surface area contributed by atoms with Crippen molar-refractivity contribution in [1.82, 2.24) is 14.8 Å². The summed E-state index contributed by atoms with van der Waals surface area (Å²) in [6.45, 7) is 0. The smallest absolute Gasteiger partial charge is 0.232 e.